The van der Waals surface area contributed by atoms with Crippen LogP contribution in [0.25, 0.3) is 16.7 Å². The number of benzene rings is 1. The average molecular weight is 341 g/mol. The van der Waals surface area contributed by atoms with Crippen LogP contribution in [0.1, 0.15) is 26.3 Å². The molecule has 2 aliphatic rings. The van der Waals surface area contributed by atoms with Crippen LogP contribution in [-0.4, -0.2) is 32.7 Å². The molecule has 0 bridgehead atoms. The van der Waals surface area contributed by atoms with E-state index in [-0.39, 0.29) is 0 Å². The predicted molar refractivity (Wildman–Crippen MR) is 90.4 cm³/mol. The molecule has 0 saturated carbocycles. The first-order chi connectivity index (χ1) is 12.0. The van der Waals surface area contributed by atoms with Crippen molar-refractivity contribution in [3.63, 3.8) is 0 Å². The summed E-state index contributed by atoms with van der Waals surface area (Å²) in [4.78, 5) is 0. The first kappa shape index (κ1) is 15.5. The summed E-state index contributed by atoms with van der Waals surface area (Å²) in [5.74, 6) is 1.21. The van der Waals surface area contributed by atoms with Crippen LogP contribution in [0.15, 0.2) is 47.1 Å². The monoisotopic (exact) mass is 341 g/mol. The minimum Gasteiger partial charge on any atom is -0.739 e. The number of allylic oxidation sites excluding steroid dienone is 1. The molecule has 1 aromatic carbocycles. The summed E-state index contributed by atoms with van der Waals surface area (Å²) >= 11 is 0. The first-order valence-corrected chi connectivity index (χ1v) is 7.94. The smallest absolute Gasteiger partial charge is 0.138 e. The maximum absolute atomic E-state index is 12.4. The van der Waals surface area contributed by atoms with Gasteiger partial charge in [0, 0.05) is 17.8 Å². The normalized spacial score (nSPS) is 18.6. The molecule has 130 valence electrons. The van der Waals surface area contributed by atoms with Gasteiger partial charge in [-0.15, -0.1) is 0 Å². The Hall–Kier alpha value is -3.00. The standard InChI is InChI=1S/C17H17N4O4/c1-4-23-11-5-6-21(22)20(10-11)15-9-17(2,3)24-16-8-14-13(7-12(15)16)18-25-19-14/h5-10H,4H2,1-3H3/q-1. The quantitative estimate of drug-likeness (QED) is 0.841. The van der Waals surface area contributed by atoms with Crippen molar-refractivity contribution in [1.82, 2.24) is 20.5 Å². The summed E-state index contributed by atoms with van der Waals surface area (Å²) < 4.78 is 16.3. The zero-order chi connectivity index (χ0) is 17.6. The Morgan fingerprint density at radius 1 is 1.24 bits per heavy atom. The Labute approximate surface area is 144 Å². The molecule has 0 aliphatic carbocycles. The molecule has 8 heteroatoms. The van der Waals surface area contributed by atoms with Gasteiger partial charge in [-0.1, -0.05) is 0 Å². The second-order valence-electron chi connectivity index (χ2n) is 6.26. The number of nitrogens with zero attached hydrogens (tertiary/aromatic N) is 4. The number of hydroxylamine groups is 1. The zero-order valence-electron chi connectivity index (χ0n) is 14.1. The SMILES string of the molecule is CCOC1=CN(C2=CC(C)(C)Oc3cc4nonc4cc32)N([O-])C=C1. The molecule has 4 rings (SSSR count). The minimum absolute atomic E-state index is 0.512. The van der Waals surface area contributed by atoms with E-state index in [9.17, 15) is 5.21 Å². The highest BCUT2D eigenvalue weighted by atomic mass is 16.6. The summed E-state index contributed by atoms with van der Waals surface area (Å²) in [6, 6.07) is 3.56. The van der Waals surface area contributed by atoms with Gasteiger partial charge in [0.15, 0.2) is 0 Å². The van der Waals surface area contributed by atoms with Crippen LogP contribution in [0.2, 0.25) is 0 Å². The third-order valence-electron chi connectivity index (χ3n) is 3.87. The Morgan fingerprint density at radius 3 is 2.76 bits per heavy atom. The van der Waals surface area contributed by atoms with Gasteiger partial charge in [-0.25, -0.2) is 4.63 Å². The number of hydrogen-bond acceptors (Lipinski definition) is 8. The van der Waals surface area contributed by atoms with Crippen molar-refractivity contribution in [1.29, 1.82) is 0 Å². The highest BCUT2D eigenvalue weighted by molar-refractivity contribution is 5.84. The highest BCUT2D eigenvalue weighted by Crippen LogP contribution is 2.40. The lowest BCUT2D eigenvalue weighted by Gasteiger charge is -2.44. The number of hydrogen-bond donors (Lipinski definition) is 0. The van der Waals surface area contributed by atoms with Crippen LogP contribution in [0.3, 0.4) is 0 Å². The number of hydrazine groups is 1. The van der Waals surface area contributed by atoms with Crippen molar-refractivity contribution in [2.45, 2.75) is 26.4 Å². The van der Waals surface area contributed by atoms with E-state index in [4.69, 9.17) is 14.1 Å². The Morgan fingerprint density at radius 2 is 2.00 bits per heavy atom. The van der Waals surface area contributed by atoms with Crippen molar-refractivity contribution in [3.05, 3.63) is 53.2 Å². The van der Waals surface area contributed by atoms with Crippen LogP contribution < -0.4 is 4.74 Å². The summed E-state index contributed by atoms with van der Waals surface area (Å²) in [6.45, 7) is 6.24. The molecule has 3 heterocycles. The molecule has 2 aliphatic heterocycles. The molecule has 0 unspecified atom stereocenters. The zero-order valence-corrected chi connectivity index (χ0v) is 14.1. The fraction of sp³-hybridized carbons (Fsp3) is 0.294. The van der Waals surface area contributed by atoms with Gasteiger partial charge in [0.2, 0.25) is 0 Å². The van der Waals surface area contributed by atoms with Crippen LogP contribution >= 0.6 is 0 Å². The predicted octanol–water partition coefficient (Wildman–Crippen LogP) is 3.16. The molecule has 8 nitrogen and oxygen atoms in total. The molecule has 0 radical (unpaired) electrons. The van der Waals surface area contributed by atoms with E-state index in [2.05, 4.69) is 10.3 Å². The highest BCUT2D eigenvalue weighted by Gasteiger charge is 2.31. The van der Waals surface area contributed by atoms with E-state index in [1.54, 1.807) is 24.4 Å². The van der Waals surface area contributed by atoms with Gasteiger partial charge in [0.1, 0.15) is 28.1 Å². The van der Waals surface area contributed by atoms with Crippen LogP contribution in [0, 0.1) is 5.21 Å². The molecule has 0 spiro atoms. The van der Waals surface area contributed by atoms with E-state index < -0.39 is 5.60 Å². The average Bonchev–Trinajstić information content (AvgIpc) is 3.01. The van der Waals surface area contributed by atoms with Gasteiger partial charge >= 0.3 is 0 Å². The van der Waals surface area contributed by atoms with Gasteiger partial charge < -0.3 is 19.9 Å². The van der Waals surface area contributed by atoms with E-state index in [1.165, 1.54) is 11.2 Å². The van der Waals surface area contributed by atoms with Gasteiger partial charge in [0.25, 0.3) is 0 Å². The van der Waals surface area contributed by atoms with Crippen molar-refractivity contribution in [3.8, 4) is 5.75 Å². The lowest BCUT2D eigenvalue weighted by atomic mass is 9.98. The summed E-state index contributed by atoms with van der Waals surface area (Å²) in [7, 11) is 0. The first-order valence-electron chi connectivity index (χ1n) is 7.94. The molecule has 0 fully saturated rings. The number of fused-ring (bicyclic) bond motifs is 2. The maximum Gasteiger partial charge on any atom is 0.138 e. The Bertz CT molecular complexity index is 913. The lowest BCUT2D eigenvalue weighted by Crippen LogP contribution is -2.37. The molecule has 1 aromatic heterocycles. The van der Waals surface area contributed by atoms with Crippen molar-refractivity contribution in [2.75, 3.05) is 6.61 Å². The molecule has 0 amide bonds. The van der Waals surface area contributed by atoms with Crippen molar-refractivity contribution >= 4 is 16.7 Å². The summed E-state index contributed by atoms with van der Waals surface area (Å²) in [6.07, 6.45) is 6.57. The van der Waals surface area contributed by atoms with Crippen molar-refractivity contribution in [2.24, 2.45) is 0 Å². The Balaban J connectivity index is 1.85. The summed E-state index contributed by atoms with van der Waals surface area (Å²) in [5, 5.41) is 22.3. The fourth-order valence-electron chi connectivity index (χ4n) is 2.86. The van der Waals surface area contributed by atoms with E-state index in [0.29, 0.717) is 34.8 Å². The molecular weight excluding hydrogens is 324 g/mol. The lowest BCUT2D eigenvalue weighted by molar-refractivity contribution is 0.141. The van der Waals surface area contributed by atoms with E-state index in [1.807, 2.05) is 26.8 Å². The van der Waals surface area contributed by atoms with Gasteiger partial charge in [-0.3, -0.25) is 5.01 Å². The summed E-state index contributed by atoms with van der Waals surface area (Å²) in [5.41, 5.74) is 1.98. The fourth-order valence-corrected chi connectivity index (χ4v) is 2.86. The topological polar surface area (TPSA) is 86.9 Å². The van der Waals surface area contributed by atoms with Crippen LogP contribution in [-0.2, 0) is 4.74 Å². The molecule has 25 heavy (non-hydrogen) atoms. The van der Waals surface area contributed by atoms with Crippen LogP contribution in [0.5, 0.6) is 5.75 Å². The van der Waals surface area contributed by atoms with Gasteiger partial charge in [-0.2, -0.15) is 0 Å². The molecule has 0 atom stereocenters. The van der Waals surface area contributed by atoms with Gasteiger partial charge in [0.05, 0.1) is 18.5 Å². The molecule has 2 aromatic rings. The molecular formula is C17H17N4O4-. The maximum atomic E-state index is 12.4. The second kappa shape index (κ2) is 5.52. The largest absolute Gasteiger partial charge is 0.739 e. The van der Waals surface area contributed by atoms with Crippen LogP contribution in [0.4, 0.5) is 0 Å². The second-order valence-corrected chi connectivity index (χ2v) is 6.26. The third-order valence-corrected chi connectivity index (χ3v) is 3.87. The van der Waals surface area contributed by atoms with Crippen molar-refractivity contribution < 1.29 is 14.1 Å². The number of ether oxygens (including phenoxy) is 2. The number of rotatable bonds is 3. The van der Waals surface area contributed by atoms with Gasteiger partial charge in [-0.05, 0) is 49.3 Å². The molecule has 0 N–H and O–H groups in total. The molecule has 0 saturated heterocycles. The minimum atomic E-state index is -0.602. The number of aromatic nitrogens is 2. The van der Waals surface area contributed by atoms with E-state index in [0.717, 1.165) is 10.7 Å². The Kier molecular flexibility index (Phi) is 3.43. The van der Waals surface area contributed by atoms with E-state index >= 15 is 0 Å². The third kappa shape index (κ3) is 2.70.